The second-order valence-electron chi connectivity index (χ2n) is 28.5. The highest BCUT2D eigenvalue weighted by atomic mass is 79.9. The molecule has 4 atom stereocenters. The number of rotatable bonds is 26. The lowest BCUT2D eigenvalue weighted by atomic mass is 10.0. The van der Waals surface area contributed by atoms with Crippen LogP contribution in [0.3, 0.4) is 0 Å². The van der Waals surface area contributed by atoms with Crippen LogP contribution < -0.4 is 46.6 Å². The van der Waals surface area contributed by atoms with Gasteiger partial charge in [-0.15, -0.1) is 40.5 Å². The average molecular weight is 1760 g/mol. The molecular weight excluding hydrogens is 1680 g/mol. The maximum absolute atomic E-state index is 14.6. The molecule has 6 aliphatic rings. The molecule has 2 saturated heterocycles. The van der Waals surface area contributed by atoms with Gasteiger partial charge in [-0.3, -0.25) is 39.6 Å². The van der Waals surface area contributed by atoms with Crippen molar-refractivity contribution in [1.82, 2.24) is 30.4 Å². The average Bonchev–Trinajstić information content (AvgIpc) is 1.71. The number of carboxylic acid groups (broad SMARTS) is 2. The summed E-state index contributed by atoms with van der Waals surface area (Å²) in [6.07, 6.45) is 5.35. The summed E-state index contributed by atoms with van der Waals surface area (Å²) in [5, 5.41) is 36.2. The number of ether oxygens (including phenoxy) is 5. The van der Waals surface area contributed by atoms with Gasteiger partial charge in [0.2, 0.25) is 11.2 Å². The molecule has 604 valence electrons. The largest absolute Gasteiger partial charge is 0.497 e. The van der Waals surface area contributed by atoms with Crippen LogP contribution in [-0.4, -0.2) is 165 Å². The highest BCUT2D eigenvalue weighted by Gasteiger charge is 2.59. The van der Waals surface area contributed by atoms with Gasteiger partial charge in [0.25, 0.3) is 23.6 Å². The third-order valence-corrected chi connectivity index (χ3v) is 22.6. The zero-order chi connectivity index (χ0) is 81.7. The van der Waals surface area contributed by atoms with Gasteiger partial charge in [0.1, 0.15) is 77.8 Å². The van der Waals surface area contributed by atoms with Crippen LogP contribution >= 0.6 is 86.4 Å². The van der Waals surface area contributed by atoms with E-state index in [0.29, 0.717) is 50.7 Å². The normalized spacial score (nSPS) is 18.4. The lowest BCUT2D eigenvalue weighted by Crippen LogP contribution is -2.71. The zero-order valence-electron chi connectivity index (χ0n) is 62.3. The molecule has 6 amide bonds. The quantitative estimate of drug-likeness (QED) is 0.00625. The molecule has 8 heterocycles. The number of aliphatic carboxylic acids is 2. The Bertz CT molecular complexity index is 5020. The van der Waals surface area contributed by atoms with Gasteiger partial charge in [-0.05, 0) is 70.4 Å². The number of hydrogen-bond acceptors (Lipinski definition) is 27. The fourth-order valence-corrected chi connectivity index (χ4v) is 16.4. The number of carbonyl (C=O) groups excluding carboxylic acids is 8. The van der Waals surface area contributed by atoms with Gasteiger partial charge < -0.3 is 65.7 Å². The van der Waals surface area contributed by atoms with Gasteiger partial charge in [-0.1, -0.05) is 129 Å². The SMILES string of the molecule is Br.COc1ccc(COC(=O)C2=C(C[n+]3ccc(NC(=O)OC(C)(C)C)cc3)CSC3C(NC(=O)/C(=N\OC4(C(=O)OC(c5ccccc5)c5ccccc5)CC4)c4nc(NC(=O)OC(C)(C)C)sc4Cl)C(=O)N23)cc1.Nc1cc[n+](CC2=C(C(=O)O)N3C(=O)C(NC(=O)/C(=N\OC4(C(=O)O)CC4)c4nc(N)sc4Cl)C3SC2)cc1. The molecule has 40 heteroatoms. The van der Waals surface area contributed by atoms with Crippen molar-refractivity contribution in [3.05, 3.63) is 193 Å². The molecule has 4 fully saturated rings. The minimum Gasteiger partial charge on any atom is -0.497 e. The fourth-order valence-electron chi connectivity index (χ4n) is 11.7. The first-order valence-electron chi connectivity index (χ1n) is 35.1. The summed E-state index contributed by atoms with van der Waals surface area (Å²) in [7, 11) is 1.54. The van der Waals surface area contributed by atoms with E-state index in [4.69, 9.17) is 68.0 Å². The van der Waals surface area contributed by atoms with Crippen LogP contribution in [0.15, 0.2) is 167 Å². The van der Waals surface area contributed by atoms with Crippen LogP contribution in [0.1, 0.15) is 101 Å². The number of benzene rings is 3. The van der Waals surface area contributed by atoms with Crippen LogP contribution in [-0.2, 0) is 86.7 Å². The Morgan fingerprint density at radius 2 is 1.10 bits per heavy atom. The third kappa shape index (κ3) is 20.3. The molecule has 3 aromatic carbocycles. The molecule has 115 heavy (non-hydrogen) atoms. The topological polar surface area (TPSA) is 441 Å². The number of carboxylic acids is 2. The van der Waals surface area contributed by atoms with Crippen molar-refractivity contribution in [3.63, 3.8) is 0 Å². The maximum atomic E-state index is 14.6. The van der Waals surface area contributed by atoms with E-state index in [1.54, 1.807) is 131 Å². The molecule has 4 aliphatic heterocycles. The van der Waals surface area contributed by atoms with Crippen molar-refractivity contribution >= 4 is 179 Å². The Balaban J connectivity index is 0.000000272. The predicted octanol–water partition coefficient (Wildman–Crippen LogP) is 9.07. The molecule has 2 saturated carbocycles. The molecule has 13 rings (SSSR count). The van der Waals surface area contributed by atoms with Gasteiger partial charge in [0.05, 0.1) is 12.8 Å². The number of β-lactam (4-membered cyclic amide) rings is 2. The number of nitrogens with two attached hydrogens (primary N) is 2. The molecular formula is C75H77BrCl2N14O19S4+2. The van der Waals surface area contributed by atoms with E-state index >= 15 is 0 Å². The molecule has 0 spiro atoms. The van der Waals surface area contributed by atoms with Gasteiger partial charge in [0, 0.05) is 78.3 Å². The second-order valence-corrected chi connectivity index (χ2v) is 33.9. The third-order valence-electron chi connectivity index (χ3n) is 17.7. The number of hydrogen-bond donors (Lipinski definition) is 8. The molecule has 4 unspecified atom stereocenters. The number of fused-ring (bicyclic) bond motifs is 2. The van der Waals surface area contributed by atoms with Crippen molar-refractivity contribution < 1.29 is 101 Å². The summed E-state index contributed by atoms with van der Waals surface area (Å²) < 4.78 is 31.4. The van der Waals surface area contributed by atoms with E-state index in [1.807, 2.05) is 60.7 Å². The summed E-state index contributed by atoms with van der Waals surface area (Å²) in [5.41, 5.74) is 9.42. The molecule has 0 radical (unpaired) electrons. The summed E-state index contributed by atoms with van der Waals surface area (Å²) in [6, 6.07) is 29.7. The smallest absolute Gasteiger partial charge is 0.413 e. The summed E-state index contributed by atoms with van der Waals surface area (Å²) in [4.78, 5) is 154. The lowest BCUT2D eigenvalue weighted by molar-refractivity contribution is -0.689. The first kappa shape index (κ1) is 85.0. The van der Waals surface area contributed by atoms with Crippen LogP contribution in [0, 0.1) is 0 Å². The van der Waals surface area contributed by atoms with E-state index < -0.39 is 122 Å². The Kier molecular flexibility index (Phi) is 26.2. The van der Waals surface area contributed by atoms with E-state index in [2.05, 4.69) is 41.5 Å². The molecule has 2 aliphatic carbocycles. The van der Waals surface area contributed by atoms with Gasteiger partial charge in [-0.25, -0.2) is 47.9 Å². The van der Waals surface area contributed by atoms with Gasteiger partial charge in [-0.2, -0.15) is 0 Å². The number of thioether (sulfide) groups is 2. The maximum Gasteiger partial charge on any atom is 0.413 e. The predicted molar refractivity (Wildman–Crippen MR) is 429 cm³/mol. The standard InChI is InChI=1S/C53H54ClN7O12S2.C22H20ClN7O7S2.BrH/c1-51(2,3)71-49(66)55-35-22-26-60(27-23-35)28-34-30-74-45-39(44(63)61(45)40(34)46(64)69-29-31-18-20-36(68-7)21-19-31)56-43(62)38(37-42(54)75-48(57-37)58-50(67)72-52(4,5)6)59-73-53(24-25-53)47(65)70-41(32-14-10-8-11-15-32)33-16-12-9-13-17-33;23-15-11(27-21(25)39-15)12(28-37-22(3-4-22)20(35)36)16(31)26-13-17(32)30-14(19(33)34)9(8-38-18(13)30)7-29-5-1-10(24)2-6-29;/h8-23,26-27,39,41,45H,24-25,28-30H2,1-7H3,(H2,56,57,58,62,67);1-2,5-6,13,18,24H,3-4,7-8H2,(H5,25,26,27,31,33,34,35,36);1H/p+2/b59-38-;28-12-;. The number of anilines is 4. The molecule has 10 N–H and O–H groups in total. The van der Waals surface area contributed by atoms with Crippen molar-refractivity contribution in [3.8, 4) is 5.75 Å². The summed E-state index contributed by atoms with van der Waals surface area (Å²) in [6.45, 7) is 10.6. The number of thiazole rings is 2. The van der Waals surface area contributed by atoms with Crippen molar-refractivity contribution in [2.45, 2.75) is 138 Å². The Hall–Kier alpha value is -10.9. The highest BCUT2D eigenvalue weighted by molar-refractivity contribution is 8.93. The number of nitrogens with zero attached hydrogens (tertiary/aromatic N) is 8. The number of oxime groups is 2. The minimum atomic E-state index is -1.59. The Morgan fingerprint density at radius 3 is 1.57 bits per heavy atom. The summed E-state index contributed by atoms with van der Waals surface area (Å²) >= 11 is 17.2. The van der Waals surface area contributed by atoms with Crippen LogP contribution in [0.25, 0.3) is 0 Å². The van der Waals surface area contributed by atoms with Crippen molar-refractivity contribution in [1.29, 1.82) is 0 Å². The van der Waals surface area contributed by atoms with E-state index in [-0.39, 0.29) is 110 Å². The first-order chi connectivity index (χ1) is 54.2. The number of esters is 2. The van der Waals surface area contributed by atoms with Crippen molar-refractivity contribution in [2.75, 3.05) is 40.7 Å². The molecule has 33 nitrogen and oxygen atoms in total. The van der Waals surface area contributed by atoms with Crippen LogP contribution in [0.5, 0.6) is 5.75 Å². The van der Waals surface area contributed by atoms with Gasteiger partial charge >= 0.3 is 36.1 Å². The van der Waals surface area contributed by atoms with Gasteiger partial charge in [0.15, 0.2) is 65.7 Å². The Morgan fingerprint density at radius 1 is 0.635 bits per heavy atom. The monoisotopic (exact) mass is 1750 g/mol. The van der Waals surface area contributed by atoms with Crippen LogP contribution in [0.4, 0.5) is 31.2 Å². The number of halogens is 3. The minimum absolute atomic E-state index is 0. The summed E-state index contributed by atoms with van der Waals surface area (Å²) in [5.74, 6) is -6.01. The number of nitrogens with one attached hydrogen (secondary N) is 4. The van der Waals surface area contributed by atoms with E-state index in [9.17, 15) is 58.2 Å². The molecule has 7 aromatic rings. The lowest BCUT2D eigenvalue weighted by Gasteiger charge is -2.49. The zero-order valence-corrected chi connectivity index (χ0v) is 68.8. The number of aromatic nitrogens is 4. The number of amides is 6. The van der Waals surface area contributed by atoms with Crippen molar-refractivity contribution in [2.24, 2.45) is 10.3 Å². The van der Waals surface area contributed by atoms with E-state index in [1.165, 1.54) is 28.4 Å². The first-order valence-corrected chi connectivity index (χ1v) is 39.6. The number of nitrogen functional groups attached to an aromatic ring is 2. The number of pyridine rings is 2. The van der Waals surface area contributed by atoms with Crippen LogP contribution in [0.2, 0.25) is 8.67 Å². The molecule has 0 bridgehead atoms. The second kappa shape index (κ2) is 35.5. The number of methoxy groups -OCH3 is 1. The highest BCUT2D eigenvalue weighted by Crippen LogP contribution is 2.46. The molecule has 4 aromatic heterocycles. The Labute approximate surface area is 693 Å². The van der Waals surface area contributed by atoms with E-state index in [0.717, 1.165) is 27.6 Å². The number of carbonyl (C=O) groups is 10. The fraction of sp³-hybridized carbons (Fsp3) is 0.333.